The van der Waals surface area contributed by atoms with Crippen LogP contribution in [0.5, 0.6) is 0 Å². The van der Waals surface area contributed by atoms with E-state index < -0.39 is 11.6 Å². The highest BCUT2D eigenvalue weighted by atomic mass is 32.1. The summed E-state index contributed by atoms with van der Waals surface area (Å²) in [7, 11) is 0. The third-order valence-corrected chi connectivity index (χ3v) is 8.02. The number of hydrogen-bond acceptors (Lipinski definition) is 7. The van der Waals surface area contributed by atoms with Crippen molar-refractivity contribution in [2.24, 2.45) is 5.92 Å². The van der Waals surface area contributed by atoms with Crippen molar-refractivity contribution < 1.29 is 14.4 Å². The van der Waals surface area contributed by atoms with Crippen LogP contribution in [0.1, 0.15) is 38.3 Å². The van der Waals surface area contributed by atoms with Gasteiger partial charge < -0.3 is 10.2 Å². The van der Waals surface area contributed by atoms with E-state index in [1.807, 2.05) is 12.3 Å². The maximum absolute atomic E-state index is 13.1. The lowest BCUT2D eigenvalue weighted by molar-refractivity contribution is -0.141. The molecule has 11 heteroatoms. The molecule has 1 saturated carbocycles. The van der Waals surface area contributed by atoms with Crippen LogP contribution in [0.15, 0.2) is 22.4 Å². The maximum Gasteiger partial charge on any atom is 0.325 e. The molecule has 2 atom stereocenters. The van der Waals surface area contributed by atoms with Crippen molar-refractivity contribution in [2.45, 2.75) is 44.7 Å². The molecule has 2 aromatic heterocycles. The van der Waals surface area contributed by atoms with Gasteiger partial charge in [0.05, 0.1) is 5.69 Å². The average Bonchev–Trinajstić information content (AvgIpc) is 3.36. The summed E-state index contributed by atoms with van der Waals surface area (Å²) in [6, 6.07) is 1.10. The van der Waals surface area contributed by atoms with Crippen LogP contribution < -0.4 is 10.9 Å². The van der Waals surface area contributed by atoms with Crippen LogP contribution in [0.4, 0.5) is 4.79 Å². The van der Waals surface area contributed by atoms with Crippen molar-refractivity contribution >= 4 is 34.1 Å². The van der Waals surface area contributed by atoms with Gasteiger partial charge in [0.1, 0.15) is 12.1 Å². The fraction of sp³-hybridized carbons (Fsp3) is 0.591. The Morgan fingerprint density at radius 1 is 1.21 bits per heavy atom. The fourth-order valence-electron chi connectivity index (χ4n) is 5.23. The number of carbonyl (C=O) groups is 3. The lowest BCUT2D eigenvalue weighted by Gasteiger charge is -2.37. The number of hydrogen-bond donors (Lipinski definition) is 1. The van der Waals surface area contributed by atoms with Gasteiger partial charge in [-0.05, 0) is 18.8 Å². The van der Waals surface area contributed by atoms with Crippen molar-refractivity contribution in [3.63, 3.8) is 0 Å². The first kappa shape index (κ1) is 22.0. The van der Waals surface area contributed by atoms with Crippen LogP contribution in [0.3, 0.4) is 0 Å². The molecule has 10 nitrogen and oxygen atoms in total. The second-order valence-electron chi connectivity index (χ2n) is 9.24. The first-order valence-corrected chi connectivity index (χ1v) is 12.4. The van der Waals surface area contributed by atoms with E-state index in [1.165, 1.54) is 15.7 Å². The van der Waals surface area contributed by atoms with Crippen LogP contribution in [-0.4, -0.2) is 80.2 Å². The Balaban J connectivity index is 1.17. The van der Waals surface area contributed by atoms with E-state index in [-0.39, 0.29) is 29.8 Å². The fourth-order valence-corrected chi connectivity index (χ4v) is 5.97. The number of nitrogens with one attached hydrogen (secondary N) is 1. The molecule has 5 rings (SSSR count). The predicted molar refractivity (Wildman–Crippen MR) is 122 cm³/mol. The van der Waals surface area contributed by atoms with E-state index in [2.05, 4.69) is 15.2 Å². The zero-order chi connectivity index (χ0) is 23.2. The number of thiazole rings is 1. The minimum absolute atomic E-state index is 0.0707. The molecule has 0 unspecified atom stereocenters. The maximum atomic E-state index is 13.1. The van der Waals surface area contributed by atoms with Crippen molar-refractivity contribution in [1.29, 1.82) is 0 Å². The Morgan fingerprint density at radius 2 is 2.00 bits per heavy atom. The Labute approximate surface area is 195 Å². The molecule has 1 spiro atoms. The Morgan fingerprint density at radius 3 is 2.76 bits per heavy atom. The van der Waals surface area contributed by atoms with Gasteiger partial charge in [-0.25, -0.2) is 9.78 Å². The molecular formula is C22H28N6O4S. The van der Waals surface area contributed by atoms with Crippen LogP contribution >= 0.6 is 11.3 Å². The number of rotatable bonds is 4. The number of fused-ring (bicyclic) bond motifs is 1. The second kappa shape index (κ2) is 8.53. The molecule has 0 radical (unpaired) electrons. The highest BCUT2D eigenvalue weighted by Crippen LogP contribution is 2.38. The molecule has 1 aliphatic carbocycles. The molecule has 2 saturated heterocycles. The third kappa shape index (κ3) is 3.93. The van der Waals surface area contributed by atoms with Gasteiger partial charge in [0.15, 0.2) is 4.96 Å². The second-order valence-corrected chi connectivity index (χ2v) is 10.1. The van der Waals surface area contributed by atoms with Gasteiger partial charge in [-0.1, -0.05) is 19.8 Å². The molecule has 3 aliphatic rings. The number of piperazine rings is 1. The summed E-state index contributed by atoms with van der Waals surface area (Å²) in [6.45, 7) is 4.61. The van der Waals surface area contributed by atoms with E-state index in [4.69, 9.17) is 0 Å². The largest absolute Gasteiger partial charge is 0.339 e. The highest BCUT2D eigenvalue weighted by Gasteiger charge is 2.55. The molecule has 33 heavy (non-hydrogen) atoms. The highest BCUT2D eigenvalue weighted by molar-refractivity contribution is 7.15. The number of amides is 4. The molecule has 176 valence electrons. The number of carbonyl (C=O) groups excluding carboxylic acids is 3. The van der Waals surface area contributed by atoms with Crippen molar-refractivity contribution in [3.8, 4) is 0 Å². The first-order valence-electron chi connectivity index (χ1n) is 11.5. The lowest BCUT2D eigenvalue weighted by atomic mass is 9.73. The minimum Gasteiger partial charge on any atom is -0.339 e. The van der Waals surface area contributed by atoms with E-state index >= 15 is 0 Å². The molecule has 4 amide bonds. The smallest absolute Gasteiger partial charge is 0.325 e. The van der Waals surface area contributed by atoms with Gasteiger partial charge in [0.2, 0.25) is 5.91 Å². The molecule has 4 heterocycles. The first-order chi connectivity index (χ1) is 15.9. The van der Waals surface area contributed by atoms with Gasteiger partial charge in [-0.2, -0.15) is 0 Å². The summed E-state index contributed by atoms with van der Waals surface area (Å²) in [5, 5.41) is 4.74. The van der Waals surface area contributed by atoms with Crippen LogP contribution in [-0.2, 0) is 16.1 Å². The molecule has 2 aromatic rings. The summed E-state index contributed by atoms with van der Waals surface area (Å²) >= 11 is 1.42. The summed E-state index contributed by atoms with van der Waals surface area (Å²) in [5.74, 6) is -0.399. The standard InChI is InChI=1S/C22H28N6O4S/c1-15-4-2-3-5-22(15)19(31)28(20(32)24-22)14-18(30)26-8-6-25(7-9-26)13-16-12-17(29)27-10-11-33-21(27)23-16/h10-12,15H,2-9,13-14H2,1H3,(H,24,32)/t15-,22-/m0/s1. The van der Waals surface area contributed by atoms with Gasteiger partial charge in [0, 0.05) is 50.4 Å². The minimum atomic E-state index is -0.844. The molecule has 0 aromatic carbocycles. The van der Waals surface area contributed by atoms with Gasteiger partial charge in [-0.3, -0.25) is 28.6 Å². The molecule has 0 bridgehead atoms. The van der Waals surface area contributed by atoms with Crippen molar-refractivity contribution in [3.05, 3.63) is 33.7 Å². The Hall–Kier alpha value is -2.79. The van der Waals surface area contributed by atoms with E-state index in [9.17, 15) is 19.2 Å². The number of aromatic nitrogens is 2. The van der Waals surface area contributed by atoms with Crippen molar-refractivity contribution in [1.82, 2.24) is 29.4 Å². The Bertz CT molecular complexity index is 1150. The summed E-state index contributed by atoms with van der Waals surface area (Å²) in [6.07, 6.45) is 5.21. The van der Waals surface area contributed by atoms with E-state index in [0.29, 0.717) is 49.8 Å². The van der Waals surface area contributed by atoms with Crippen LogP contribution in [0, 0.1) is 5.92 Å². The zero-order valence-electron chi connectivity index (χ0n) is 18.7. The van der Waals surface area contributed by atoms with E-state index in [1.54, 1.807) is 17.2 Å². The molecular weight excluding hydrogens is 444 g/mol. The van der Waals surface area contributed by atoms with Crippen molar-refractivity contribution in [2.75, 3.05) is 32.7 Å². The van der Waals surface area contributed by atoms with Gasteiger partial charge >= 0.3 is 6.03 Å². The average molecular weight is 473 g/mol. The SMILES string of the molecule is C[C@H]1CCCC[C@]12NC(=O)N(CC(=O)N1CCN(Cc3cc(=O)n4ccsc4n3)CC1)C2=O. The van der Waals surface area contributed by atoms with Gasteiger partial charge in [0.25, 0.3) is 11.5 Å². The monoisotopic (exact) mass is 472 g/mol. The van der Waals surface area contributed by atoms with E-state index in [0.717, 1.165) is 24.2 Å². The summed E-state index contributed by atoms with van der Waals surface area (Å²) in [5.41, 5.74) is -0.221. The number of urea groups is 1. The predicted octanol–water partition coefficient (Wildman–Crippen LogP) is 0.901. The third-order valence-electron chi connectivity index (χ3n) is 7.26. The number of imide groups is 1. The normalized spacial score (nSPS) is 26.4. The topological polar surface area (TPSA) is 107 Å². The summed E-state index contributed by atoms with van der Waals surface area (Å²) in [4.78, 5) is 60.9. The lowest BCUT2D eigenvalue weighted by Crippen LogP contribution is -2.54. The van der Waals surface area contributed by atoms with Crippen LogP contribution in [0.25, 0.3) is 4.96 Å². The quantitative estimate of drug-likeness (QED) is 0.663. The van der Waals surface area contributed by atoms with Gasteiger partial charge in [-0.15, -0.1) is 11.3 Å². The Kier molecular flexibility index (Phi) is 5.69. The molecule has 2 aliphatic heterocycles. The molecule has 1 N–H and O–H groups in total. The number of nitrogens with zero attached hydrogens (tertiary/aromatic N) is 5. The zero-order valence-corrected chi connectivity index (χ0v) is 19.5. The molecule has 3 fully saturated rings. The van der Waals surface area contributed by atoms with Crippen LogP contribution in [0.2, 0.25) is 0 Å². The summed E-state index contributed by atoms with van der Waals surface area (Å²) < 4.78 is 1.53.